The third-order valence-corrected chi connectivity index (χ3v) is 4.18. The molecule has 0 saturated carbocycles. The topological polar surface area (TPSA) is 86.4 Å². The van der Waals surface area contributed by atoms with Crippen molar-refractivity contribution < 1.29 is 14.0 Å². The van der Waals surface area contributed by atoms with Crippen molar-refractivity contribution in [3.63, 3.8) is 0 Å². The van der Waals surface area contributed by atoms with E-state index in [1.807, 2.05) is 31.3 Å². The van der Waals surface area contributed by atoms with Crippen LogP contribution in [0.3, 0.4) is 0 Å². The highest BCUT2D eigenvalue weighted by Crippen LogP contribution is 2.35. The molecule has 0 aliphatic carbocycles. The Balaban J connectivity index is 1.48. The van der Waals surface area contributed by atoms with Gasteiger partial charge in [0.25, 0.3) is 0 Å². The molecule has 8 heteroatoms. The van der Waals surface area contributed by atoms with Crippen LogP contribution < -0.4 is 9.47 Å². The van der Waals surface area contributed by atoms with Gasteiger partial charge in [0, 0.05) is 17.8 Å². The fourth-order valence-corrected chi connectivity index (χ4v) is 2.60. The third-order valence-electron chi connectivity index (χ3n) is 4.18. The molecule has 3 heterocycles. The van der Waals surface area contributed by atoms with E-state index in [1.54, 1.807) is 12.5 Å². The van der Waals surface area contributed by atoms with Gasteiger partial charge in [-0.25, -0.2) is 9.97 Å². The highest BCUT2D eigenvalue weighted by Gasteiger charge is 2.19. The summed E-state index contributed by atoms with van der Waals surface area (Å²) in [5.74, 6) is 2.48. The molecule has 1 aromatic carbocycles. The van der Waals surface area contributed by atoms with E-state index in [0.29, 0.717) is 24.0 Å². The number of hydrogen-bond acceptors (Lipinski definition) is 8. The van der Waals surface area contributed by atoms with Crippen LogP contribution in [0.5, 0.6) is 11.5 Å². The summed E-state index contributed by atoms with van der Waals surface area (Å²) in [4.78, 5) is 14.8. The summed E-state index contributed by atoms with van der Waals surface area (Å²) in [7, 11) is 1.98. The van der Waals surface area contributed by atoms with E-state index in [-0.39, 0.29) is 12.8 Å². The van der Waals surface area contributed by atoms with Crippen molar-refractivity contribution in [3.05, 3.63) is 48.4 Å². The standard InChI is InChI=1S/C17H17N5O3/c1-11(13-5-6-18-9-19-13)22(2)8-16-20-17(21-25-16)12-3-4-14-15(7-12)24-10-23-14/h3-7,9,11H,8,10H2,1-2H3/t11-/m1/s1. The zero-order valence-corrected chi connectivity index (χ0v) is 13.9. The van der Waals surface area contributed by atoms with E-state index < -0.39 is 0 Å². The Morgan fingerprint density at radius 1 is 1.20 bits per heavy atom. The average molecular weight is 339 g/mol. The Bertz CT molecular complexity index is 868. The molecule has 8 nitrogen and oxygen atoms in total. The first-order valence-corrected chi connectivity index (χ1v) is 7.89. The minimum Gasteiger partial charge on any atom is -0.454 e. The van der Waals surface area contributed by atoms with Crippen LogP contribution in [-0.2, 0) is 6.54 Å². The van der Waals surface area contributed by atoms with Crippen LogP contribution in [0.25, 0.3) is 11.4 Å². The lowest BCUT2D eigenvalue weighted by Crippen LogP contribution is -2.22. The molecule has 2 aromatic heterocycles. The first-order valence-electron chi connectivity index (χ1n) is 7.89. The summed E-state index contributed by atoms with van der Waals surface area (Å²) in [5, 5.41) is 4.06. The zero-order chi connectivity index (χ0) is 17.2. The lowest BCUT2D eigenvalue weighted by Gasteiger charge is -2.22. The van der Waals surface area contributed by atoms with Crippen molar-refractivity contribution in [2.24, 2.45) is 0 Å². The van der Waals surface area contributed by atoms with Crippen LogP contribution >= 0.6 is 0 Å². The molecule has 25 heavy (non-hydrogen) atoms. The molecule has 3 aromatic rings. The SMILES string of the molecule is C[C@H](c1ccncn1)N(C)Cc1nc(-c2ccc3c(c2)OCO3)no1. The van der Waals surface area contributed by atoms with Gasteiger partial charge in [0.15, 0.2) is 11.5 Å². The quantitative estimate of drug-likeness (QED) is 0.700. The van der Waals surface area contributed by atoms with E-state index in [9.17, 15) is 0 Å². The predicted octanol–water partition coefficient (Wildman–Crippen LogP) is 2.45. The van der Waals surface area contributed by atoms with Crippen LogP contribution in [0.1, 0.15) is 24.6 Å². The highest BCUT2D eigenvalue weighted by atomic mass is 16.7. The van der Waals surface area contributed by atoms with E-state index in [4.69, 9.17) is 14.0 Å². The number of hydrogen-bond donors (Lipinski definition) is 0. The number of rotatable bonds is 5. The molecule has 0 radical (unpaired) electrons. The molecule has 128 valence electrons. The first-order chi connectivity index (χ1) is 12.2. The van der Waals surface area contributed by atoms with Crippen molar-refractivity contribution in [1.82, 2.24) is 25.0 Å². The summed E-state index contributed by atoms with van der Waals surface area (Å²) in [6.07, 6.45) is 3.28. The van der Waals surface area contributed by atoms with Crippen LogP contribution in [0.15, 0.2) is 41.3 Å². The molecule has 0 bridgehead atoms. The monoisotopic (exact) mass is 339 g/mol. The fraction of sp³-hybridized carbons (Fsp3) is 0.294. The van der Waals surface area contributed by atoms with Crippen molar-refractivity contribution >= 4 is 0 Å². The van der Waals surface area contributed by atoms with Crippen molar-refractivity contribution in [2.45, 2.75) is 19.5 Å². The average Bonchev–Trinajstić information content (AvgIpc) is 3.30. The molecular weight excluding hydrogens is 322 g/mol. The van der Waals surface area contributed by atoms with E-state index in [2.05, 4.69) is 31.9 Å². The lowest BCUT2D eigenvalue weighted by molar-refractivity contribution is 0.174. The van der Waals surface area contributed by atoms with Gasteiger partial charge in [-0.3, -0.25) is 4.90 Å². The Hall–Kier alpha value is -3.00. The van der Waals surface area contributed by atoms with Crippen LogP contribution in [0.4, 0.5) is 0 Å². The summed E-state index contributed by atoms with van der Waals surface area (Å²) in [5.41, 5.74) is 1.76. The second kappa shape index (κ2) is 6.48. The molecule has 0 fully saturated rings. The molecule has 0 N–H and O–H groups in total. The van der Waals surface area contributed by atoms with Crippen LogP contribution in [0, 0.1) is 0 Å². The van der Waals surface area contributed by atoms with Gasteiger partial charge in [0.2, 0.25) is 18.5 Å². The molecule has 0 amide bonds. The first kappa shape index (κ1) is 15.5. The number of aromatic nitrogens is 4. The van der Waals surface area contributed by atoms with E-state index >= 15 is 0 Å². The Morgan fingerprint density at radius 2 is 2.08 bits per heavy atom. The van der Waals surface area contributed by atoms with Gasteiger partial charge in [-0.1, -0.05) is 5.16 Å². The van der Waals surface area contributed by atoms with Gasteiger partial charge in [-0.2, -0.15) is 4.98 Å². The van der Waals surface area contributed by atoms with Crippen molar-refractivity contribution in [2.75, 3.05) is 13.8 Å². The minimum atomic E-state index is 0.101. The van der Waals surface area contributed by atoms with Gasteiger partial charge in [0.1, 0.15) is 6.33 Å². The Kier molecular flexibility index (Phi) is 4.02. The summed E-state index contributed by atoms with van der Waals surface area (Å²) in [6.45, 7) is 2.82. The summed E-state index contributed by atoms with van der Waals surface area (Å²) < 4.78 is 16.1. The minimum absolute atomic E-state index is 0.101. The molecule has 1 atom stereocenters. The maximum absolute atomic E-state index is 5.39. The lowest BCUT2D eigenvalue weighted by atomic mass is 10.2. The molecule has 0 saturated heterocycles. The molecule has 0 spiro atoms. The third kappa shape index (κ3) is 3.16. The zero-order valence-electron chi connectivity index (χ0n) is 13.9. The molecular formula is C17H17N5O3. The second-order valence-electron chi connectivity index (χ2n) is 5.81. The van der Waals surface area contributed by atoms with Crippen LogP contribution in [0.2, 0.25) is 0 Å². The molecule has 4 rings (SSSR count). The fourth-order valence-electron chi connectivity index (χ4n) is 2.60. The summed E-state index contributed by atoms with van der Waals surface area (Å²) >= 11 is 0. The highest BCUT2D eigenvalue weighted by molar-refractivity contribution is 5.61. The van der Waals surface area contributed by atoms with Gasteiger partial charge < -0.3 is 14.0 Å². The maximum Gasteiger partial charge on any atom is 0.241 e. The van der Waals surface area contributed by atoms with Gasteiger partial charge >= 0.3 is 0 Å². The number of ether oxygens (including phenoxy) is 2. The van der Waals surface area contributed by atoms with Crippen molar-refractivity contribution in [3.8, 4) is 22.9 Å². The number of benzene rings is 1. The predicted molar refractivity (Wildman–Crippen MR) is 87.8 cm³/mol. The summed E-state index contributed by atoms with van der Waals surface area (Å²) in [6, 6.07) is 7.58. The maximum atomic E-state index is 5.39. The molecule has 0 unspecified atom stereocenters. The van der Waals surface area contributed by atoms with Gasteiger partial charge in [-0.15, -0.1) is 0 Å². The Labute approximate surface area is 144 Å². The van der Waals surface area contributed by atoms with Crippen molar-refractivity contribution in [1.29, 1.82) is 0 Å². The largest absolute Gasteiger partial charge is 0.454 e. The molecule has 1 aliphatic rings. The van der Waals surface area contributed by atoms with E-state index in [0.717, 1.165) is 17.0 Å². The normalized spacial score (nSPS) is 14.0. The Morgan fingerprint density at radius 3 is 2.92 bits per heavy atom. The second-order valence-corrected chi connectivity index (χ2v) is 5.81. The smallest absolute Gasteiger partial charge is 0.241 e. The number of fused-ring (bicyclic) bond motifs is 1. The van der Waals surface area contributed by atoms with E-state index in [1.165, 1.54) is 0 Å². The van der Waals surface area contributed by atoms with Crippen LogP contribution in [-0.4, -0.2) is 38.8 Å². The molecule has 1 aliphatic heterocycles. The van der Waals surface area contributed by atoms with Gasteiger partial charge in [0.05, 0.1) is 12.2 Å². The van der Waals surface area contributed by atoms with Gasteiger partial charge in [-0.05, 0) is 38.2 Å². The number of nitrogens with zero attached hydrogens (tertiary/aromatic N) is 5.